The zero-order chi connectivity index (χ0) is 33.3. The first kappa shape index (κ1) is 32.7. The Kier molecular flexibility index (Phi) is 8.97. The van der Waals surface area contributed by atoms with Gasteiger partial charge in [0.15, 0.2) is 0 Å². The third-order valence-corrected chi connectivity index (χ3v) is 8.56. The molecule has 2 aliphatic rings. The number of hydrazone groups is 1. The lowest BCUT2D eigenvalue weighted by Crippen LogP contribution is -2.62. The molecule has 244 valence electrons. The van der Waals surface area contributed by atoms with E-state index in [4.69, 9.17) is 4.74 Å². The number of nitrogens with zero attached hydrogens (tertiary/aromatic N) is 3. The minimum absolute atomic E-state index is 0.119. The van der Waals surface area contributed by atoms with Gasteiger partial charge in [-0.25, -0.2) is 9.80 Å². The van der Waals surface area contributed by atoms with Crippen molar-refractivity contribution in [3.8, 4) is 0 Å². The van der Waals surface area contributed by atoms with Crippen LogP contribution in [0.15, 0.2) is 65.9 Å². The second-order valence-electron chi connectivity index (χ2n) is 13.7. The first-order valence-corrected chi connectivity index (χ1v) is 15.8. The predicted octanol–water partition coefficient (Wildman–Crippen LogP) is 4.18. The van der Waals surface area contributed by atoms with Gasteiger partial charge < -0.3 is 25.3 Å². The van der Waals surface area contributed by atoms with Crippen LogP contribution in [0.1, 0.15) is 59.1 Å². The lowest BCUT2D eigenvalue weighted by Gasteiger charge is -2.41. The number of rotatable bonds is 9. The van der Waals surface area contributed by atoms with Crippen molar-refractivity contribution in [1.82, 2.24) is 25.5 Å². The number of amides is 4. The van der Waals surface area contributed by atoms with Gasteiger partial charge in [-0.2, -0.15) is 5.10 Å². The number of hydrogen-bond donors (Lipinski definition) is 3. The highest BCUT2D eigenvalue weighted by Gasteiger charge is 2.54. The third kappa shape index (κ3) is 6.78. The number of piperidine rings is 1. The topological polar surface area (TPSA) is 136 Å². The third-order valence-electron chi connectivity index (χ3n) is 8.56. The first-order valence-electron chi connectivity index (χ1n) is 15.8. The molecule has 0 aliphatic carbocycles. The predicted molar refractivity (Wildman–Crippen MR) is 176 cm³/mol. The lowest BCUT2D eigenvalue weighted by molar-refractivity contribution is -0.143. The number of H-pyrrole nitrogens is 1. The van der Waals surface area contributed by atoms with Crippen molar-refractivity contribution in [3.63, 3.8) is 0 Å². The van der Waals surface area contributed by atoms with Crippen molar-refractivity contribution < 1.29 is 23.9 Å². The molecule has 2 aliphatic heterocycles. The SMILES string of the molecule is CCN1N=C2CCN(C(=O)C(Cc3c[nH]c4ccccc34)NC(=O)C(C)(C)NC(=O)OC(C)(C)C)CC2(Cc2ccccc2)C1=O. The summed E-state index contributed by atoms with van der Waals surface area (Å²) >= 11 is 0. The van der Waals surface area contributed by atoms with Gasteiger partial charge in [0.25, 0.3) is 5.91 Å². The van der Waals surface area contributed by atoms with E-state index in [0.717, 1.165) is 27.7 Å². The number of carbonyl (C=O) groups is 4. The largest absolute Gasteiger partial charge is 0.444 e. The van der Waals surface area contributed by atoms with Gasteiger partial charge in [-0.3, -0.25) is 14.4 Å². The number of aromatic nitrogens is 1. The average Bonchev–Trinajstić information content (AvgIpc) is 3.53. The van der Waals surface area contributed by atoms with Crippen LogP contribution in [0.4, 0.5) is 4.79 Å². The van der Waals surface area contributed by atoms with Crippen LogP contribution in [-0.2, 0) is 32.0 Å². The van der Waals surface area contributed by atoms with E-state index in [1.807, 2.05) is 67.7 Å². The number of fused-ring (bicyclic) bond motifs is 2. The number of nitrogens with one attached hydrogen (secondary N) is 3. The van der Waals surface area contributed by atoms with Crippen LogP contribution < -0.4 is 10.6 Å². The van der Waals surface area contributed by atoms with Gasteiger partial charge in [0.2, 0.25) is 11.8 Å². The number of carbonyl (C=O) groups excluding carboxylic acids is 4. The van der Waals surface area contributed by atoms with Crippen molar-refractivity contribution in [3.05, 3.63) is 71.9 Å². The van der Waals surface area contributed by atoms with Crippen LogP contribution >= 0.6 is 0 Å². The van der Waals surface area contributed by atoms with E-state index in [-0.39, 0.29) is 24.8 Å². The molecule has 11 heteroatoms. The van der Waals surface area contributed by atoms with Gasteiger partial charge in [0.05, 0.1) is 5.71 Å². The summed E-state index contributed by atoms with van der Waals surface area (Å²) in [6, 6.07) is 16.6. The van der Waals surface area contributed by atoms with E-state index in [1.165, 1.54) is 5.01 Å². The van der Waals surface area contributed by atoms with Crippen LogP contribution in [0.5, 0.6) is 0 Å². The van der Waals surface area contributed by atoms with Gasteiger partial charge in [0, 0.05) is 49.6 Å². The Balaban J connectivity index is 1.44. The maximum absolute atomic E-state index is 14.5. The van der Waals surface area contributed by atoms with E-state index >= 15 is 0 Å². The van der Waals surface area contributed by atoms with E-state index in [0.29, 0.717) is 25.9 Å². The number of likely N-dealkylation sites (tertiary alicyclic amines) is 1. The van der Waals surface area contributed by atoms with Crippen molar-refractivity contribution in [2.24, 2.45) is 10.5 Å². The van der Waals surface area contributed by atoms with Crippen LogP contribution in [0.25, 0.3) is 10.9 Å². The number of benzene rings is 2. The van der Waals surface area contributed by atoms with Gasteiger partial charge in [-0.05, 0) is 65.2 Å². The maximum Gasteiger partial charge on any atom is 0.408 e. The second kappa shape index (κ2) is 12.6. The number of ether oxygens (including phenoxy) is 1. The zero-order valence-corrected chi connectivity index (χ0v) is 27.5. The van der Waals surface area contributed by atoms with E-state index < -0.39 is 34.6 Å². The number of aromatic amines is 1. The molecule has 2 unspecified atom stereocenters. The Morgan fingerprint density at radius 3 is 2.43 bits per heavy atom. The highest BCUT2D eigenvalue weighted by atomic mass is 16.6. The molecule has 3 N–H and O–H groups in total. The Bertz CT molecular complexity index is 1660. The fourth-order valence-electron chi connectivity index (χ4n) is 6.23. The molecule has 3 aromatic rings. The standard InChI is InChI=1S/C35H44N6O5/c1-7-41-31(44)35(20-23-13-9-8-10-14-23)22-40(18-17-28(35)39-41)29(42)27(19-24-21-36-26-16-12-11-15-25(24)26)37-30(43)34(5,6)38-32(45)46-33(2,3)4/h8-16,21,27,36H,7,17-20,22H2,1-6H3,(H,37,43)(H,38,45). The highest BCUT2D eigenvalue weighted by Crippen LogP contribution is 2.39. The summed E-state index contributed by atoms with van der Waals surface area (Å²) in [5, 5.41) is 12.7. The fourth-order valence-corrected chi connectivity index (χ4v) is 6.23. The van der Waals surface area contributed by atoms with Gasteiger partial charge in [0.1, 0.15) is 22.6 Å². The molecule has 0 radical (unpaired) electrons. The minimum atomic E-state index is -1.39. The van der Waals surface area contributed by atoms with Gasteiger partial charge >= 0.3 is 6.09 Å². The molecule has 1 saturated heterocycles. The summed E-state index contributed by atoms with van der Waals surface area (Å²) in [4.78, 5) is 59.6. The summed E-state index contributed by atoms with van der Waals surface area (Å²) in [7, 11) is 0. The van der Waals surface area contributed by atoms with E-state index in [2.05, 4.69) is 20.7 Å². The zero-order valence-electron chi connectivity index (χ0n) is 27.5. The van der Waals surface area contributed by atoms with Gasteiger partial charge in [-0.15, -0.1) is 0 Å². The van der Waals surface area contributed by atoms with E-state index in [9.17, 15) is 19.2 Å². The van der Waals surface area contributed by atoms with E-state index in [1.54, 1.807) is 39.5 Å². The lowest BCUT2D eigenvalue weighted by atomic mass is 9.73. The molecule has 11 nitrogen and oxygen atoms in total. The quantitative estimate of drug-likeness (QED) is 0.327. The monoisotopic (exact) mass is 628 g/mol. The summed E-state index contributed by atoms with van der Waals surface area (Å²) in [6.45, 7) is 11.2. The van der Waals surface area contributed by atoms with Crippen molar-refractivity contribution in [1.29, 1.82) is 0 Å². The molecule has 1 aromatic heterocycles. The van der Waals surface area contributed by atoms with Crippen molar-refractivity contribution in [2.45, 2.75) is 78.0 Å². The van der Waals surface area contributed by atoms with Crippen LogP contribution in [-0.4, -0.2) is 81.2 Å². The molecule has 3 heterocycles. The highest BCUT2D eigenvalue weighted by molar-refractivity contribution is 6.14. The van der Waals surface area contributed by atoms with Gasteiger partial charge in [-0.1, -0.05) is 48.5 Å². The number of para-hydroxylation sites is 1. The van der Waals surface area contributed by atoms with Crippen molar-refractivity contribution in [2.75, 3.05) is 19.6 Å². The van der Waals surface area contributed by atoms with Crippen molar-refractivity contribution >= 4 is 40.4 Å². The Labute approximate surface area is 269 Å². The van der Waals surface area contributed by atoms with Crippen LogP contribution in [0, 0.1) is 5.41 Å². The molecule has 5 rings (SSSR count). The summed E-state index contributed by atoms with van der Waals surface area (Å²) < 4.78 is 5.38. The summed E-state index contributed by atoms with van der Waals surface area (Å²) in [5.41, 5.74) is 0.417. The molecular weight excluding hydrogens is 584 g/mol. The smallest absolute Gasteiger partial charge is 0.408 e. The summed E-state index contributed by atoms with van der Waals surface area (Å²) in [6.07, 6.45) is 2.17. The first-order chi connectivity index (χ1) is 21.7. The Morgan fingerprint density at radius 2 is 1.74 bits per heavy atom. The molecular formula is C35H44N6O5. The normalized spacial score (nSPS) is 19.0. The molecule has 0 spiro atoms. The molecule has 46 heavy (non-hydrogen) atoms. The summed E-state index contributed by atoms with van der Waals surface area (Å²) in [5.74, 6) is -0.962. The number of alkyl carbamates (subject to hydrolysis) is 1. The number of hydrogen-bond acceptors (Lipinski definition) is 6. The molecule has 1 fully saturated rings. The maximum atomic E-state index is 14.5. The minimum Gasteiger partial charge on any atom is -0.444 e. The van der Waals surface area contributed by atoms with Crippen LogP contribution in [0.2, 0.25) is 0 Å². The molecule has 2 atom stereocenters. The molecule has 0 bridgehead atoms. The molecule has 2 aromatic carbocycles. The molecule has 0 saturated carbocycles. The second-order valence-corrected chi connectivity index (χ2v) is 13.7. The Hall–Kier alpha value is -4.67. The average molecular weight is 629 g/mol. The molecule has 4 amide bonds. The van der Waals surface area contributed by atoms with Crippen LogP contribution in [0.3, 0.4) is 0 Å². The fraction of sp³-hybridized carbons (Fsp3) is 0.457. The Morgan fingerprint density at radius 1 is 1.04 bits per heavy atom.